The summed E-state index contributed by atoms with van der Waals surface area (Å²) in [5.74, 6) is 0. The molecule has 1 fully saturated rings. The van der Waals surface area contributed by atoms with E-state index in [1.807, 2.05) is 4.90 Å². The average molecular weight is 337 g/mol. The molecule has 1 atom stereocenters. The van der Waals surface area contributed by atoms with E-state index in [4.69, 9.17) is 0 Å². The predicted molar refractivity (Wildman–Crippen MR) is 72.0 cm³/mol. The summed E-state index contributed by atoms with van der Waals surface area (Å²) in [7, 11) is 0. The summed E-state index contributed by atoms with van der Waals surface area (Å²) in [6.45, 7) is 2.78. The molecular formula is C13H16BrF3N2. The molecule has 1 saturated heterocycles. The summed E-state index contributed by atoms with van der Waals surface area (Å²) in [4.78, 5) is 1.91. The molecule has 0 radical (unpaired) electrons. The molecule has 0 unspecified atom stereocenters. The molecule has 6 heteroatoms. The second kappa shape index (κ2) is 6.24. The monoisotopic (exact) mass is 336 g/mol. The van der Waals surface area contributed by atoms with Gasteiger partial charge in [-0.1, -0.05) is 28.1 Å². The van der Waals surface area contributed by atoms with Gasteiger partial charge in [-0.25, -0.2) is 0 Å². The molecule has 0 aromatic heterocycles. The molecule has 1 aliphatic rings. The molecule has 1 aromatic carbocycles. The Kier molecular flexibility index (Phi) is 4.86. The Labute approximate surface area is 119 Å². The fourth-order valence-electron chi connectivity index (χ4n) is 2.36. The summed E-state index contributed by atoms with van der Waals surface area (Å²) < 4.78 is 39.2. The molecule has 1 aliphatic heterocycles. The SMILES string of the molecule is FC(F)(F)C[C@H](c1ccc(Br)cc1)N1CCNCC1. The van der Waals surface area contributed by atoms with Gasteiger partial charge in [0.25, 0.3) is 0 Å². The van der Waals surface area contributed by atoms with Gasteiger partial charge in [0.15, 0.2) is 0 Å². The maximum atomic E-state index is 12.8. The number of alkyl halides is 3. The summed E-state index contributed by atoms with van der Waals surface area (Å²) >= 11 is 3.31. The van der Waals surface area contributed by atoms with E-state index in [1.165, 1.54) is 0 Å². The van der Waals surface area contributed by atoms with Crippen LogP contribution in [0.25, 0.3) is 0 Å². The van der Waals surface area contributed by atoms with Gasteiger partial charge >= 0.3 is 6.18 Å². The van der Waals surface area contributed by atoms with Crippen LogP contribution in [-0.2, 0) is 0 Å². The molecule has 2 nitrogen and oxygen atoms in total. The average Bonchev–Trinajstić information content (AvgIpc) is 2.37. The van der Waals surface area contributed by atoms with Crippen molar-refractivity contribution in [3.63, 3.8) is 0 Å². The standard InChI is InChI=1S/C13H16BrF3N2/c14-11-3-1-10(2-4-11)12(9-13(15,16)17)19-7-5-18-6-8-19/h1-4,12,18H,5-9H2/t12-/m1/s1. The zero-order valence-corrected chi connectivity index (χ0v) is 12.0. The number of rotatable bonds is 3. The van der Waals surface area contributed by atoms with Gasteiger partial charge in [0.1, 0.15) is 0 Å². The van der Waals surface area contributed by atoms with Gasteiger partial charge in [0.05, 0.1) is 6.42 Å². The van der Waals surface area contributed by atoms with Crippen molar-refractivity contribution < 1.29 is 13.2 Å². The van der Waals surface area contributed by atoms with E-state index in [0.717, 1.165) is 23.1 Å². The van der Waals surface area contributed by atoms with Crippen LogP contribution in [0.3, 0.4) is 0 Å². The topological polar surface area (TPSA) is 15.3 Å². The molecule has 106 valence electrons. The summed E-state index contributed by atoms with van der Waals surface area (Å²) in [5.41, 5.74) is 0.724. The second-order valence-electron chi connectivity index (χ2n) is 4.67. The van der Waals surface area contributed by atoms with Gasteiger partial charge in [-0.2, -0.15) is 13.2 Å². The summed E-state index contributed by atoms with van der Waals surface area (Å²) in [6.07, 6.45) is -4.95. The van der Waals surface area contributed by atoms with E-state index in [1.54, 1.807) is 24.3 Å². The third kappa shape index (κ3) is 4.47. The summed E-state index contributed by atoms with van der Waals surface area (Å²) in [5, 5.41) is 3.16. The minimum Gasteiger partial charge on any atom is -0.314 e. The van der Waals surface area contributed by atoms with E-state index >= 15 is 0 Å². The highest BCUT2D eigenvalue weighted by molar-refractivity contribution is 9.10. The second-order valence-corrected chi connectivity index (χ2v) is 5.59. The first-order chi connectivity index (χ1) is 8.96. The lowest BCUT2D eigenvalue weighted by Crippen LogP contribution is -2.46. The fourth-order valence-corrected chi connectivity index (χ4v) is 2.62. The molecule has 1 heterocycles. The third-order valence-corrected chi connectivity index (χ3v) is 3.80. The largest absolute Gasteiger partial charge is 0.390 e. The van der Waals surface area contributed by atoms with Gasteiger partial charge < -0.3 is 5.32 Å². The molecule has 1 N–H and O–H groups in total. The Hall–Kier alpha value is -0.590. The number of hydrogen-bond acceptors (Lipinski definition) is 2. The van der Waals surface area contributed by atoms with E-state index in [9.17, 15) is 13.2 Å². The van der Waals surface area contributed by atoms with Crippen LogP contribution in [0.15, 0.2) is 28.7 Å². The number of nitrogens with one attached hydrogen (secondary N) is 1. The normalized spacial score (nSPS) is 19.4. The quantitative estimate of drug-likeness (QED) is 0.910. The Morgan fingerprint density at radius 3 is 2.26 bits per heavy atom. The molecule has 2 rings (SSSR count). The maximum absolute atomic E-state index is 12.8. The van der Waals surface area contributed by atoms with Crippen molar-refractivity contribution in [1.29, 1.82) is 0 Å². The van der Waals surface area contributed by atoms with E-state index in [0.29, 0.717) is 13.1 Å². The Morgan fingerprint density at radius 1 is 1.16 bits per heavy atom. The van der Waals surface area contributed by atoms with Crippen LogP contribution in [0.4, 0.5) is 13.2 Å². The number of piperazine rings is 1. The van der Waals surface area contributed by atoms with Crippen molar-refractivity contribution in [2.45, 2.75) is 18.6 Å². The van der Waals surface area contributed by atoms with E-state index < -0.39 is 18.6 Å². The van der Waals surface area contributed by atoms with Gasteiger partial charge in [-0.3, -0.25) is 4.90 Å². The lowest BCUT2D eigenvalue weighted by atomic mass is 10.0. The van der Waals surface area contributed by atoms with Crippen molar-refractivity contribution in [3.8, 4) is 0 Å². The van der Waals surface area contributed by atoms with Crippen molar-refractivity contribution in [3.05, 3.63) is 34.3 Å². The highest BCUT2D eigenvalue weighted by Gasteiger charge is 2.35. The first-order valence-electron chi connectivity index (χ1n) is 6.23. The number of nitrogens with zero attached hydrogens (tertiary/aromatic N) is 1. The molecule has 0 spiro atoms. The lowest BCUT2D eigenvalue weighted by molar-refractivity contribution is -0.148. The molecule has 19 heavy (non-hydrogen) atoms. The zero-order valence-electron chi connectivity index (χ0n) is 10.4. The Morgan fingerprint density at radius 2 is 1.74 bits per heavy atom. The van der Waals surface area contributed by atoms with Crippen LogP contribution in [0, 0.1) is 0 Å². The van der Waals surface area contributed by atoms with Crippen molar-refractivity contribution in [2.24, 2.45) is 0 Å². The first kappa shape index (κ1) is 14.8. The van der Waals surface area contributed by atoms with Crippen LogP contribution in [0.2, 0.25) is 0 Å². The van der Waals surface area contributed by atoms with Crippen LogP contribution in [0.1, 0.15) is 18.0 Å². The highest BCUT2D eigenvalue weighted by atomic mass is 79.9. The van der Waals surface area contributed by atoms with E-state index in [2.05, 4.69) is 21.2 Å². The van der Waals surface area contributed by atoms with Gasteiger partial charge in [-0.15, -0.1) is 0 Å². The van der Waals surface area contributed by atoms with Crippen molar-refractivity contribution in [2.75, 3.05) is 26.2 Å². The lowest BCUT2D eigenvalue weighted by Gasteiger charge is -2.35. The zero-order chi connectivity index (χ0) is 13.9. The smallest absolute Gasteiger partial charge is 0.314 e. The summed E-state index contributed by atoms with van der Waals surface area (Å²) in [6, 6.07) is 6.53. The molecule has 0 amide bonds. The number of hydrogen-bond donors (Lipinski definition) is 1. The number of halogens is 4. The minimum atomic E-state index is -4.15. The fraction of sp³-hybridized carbons (Fsp3) is 0.538. The number of benzene rings is 1. The van der Waals surface area contributed by atoms with Crippen molar-refractivity contribution >= 4 is 15.9 Å². The highest BCUT2D eigenvalue weighted by Crippen LogP contribution is 2.34. The first-order valence-corrected chi connectivity index (χ1v) is 7.02. The molecule has 0 saturated carbocycles. The predicted octanol–water partition coefficient (Wildman–Crippen LogP) is 3.35. The van der Waals surface area contributed by atoms with Gasteiger partial charge in [0.2, 0.25) is 0 Å². The van der Waals surface area contributed by atoms with Crippen LogP contribution < -0.4 is 5.32 Å². The van der Waals surface area contributed by atoms with Crippen molar-refractivity contribution in [1.82, 2.24) is 10.2 Å². The minimum absolute atomic E-state index is 0.588. The van der Waals surface area contributed by atoms with E-state index in [-0.39, 0.29) is 0 Å². The molecule has 1 aromatic rings. The Bertz CT molecular complexity index is 399. The van der Waals surface area contributed by atoms with Gasteiger partial charge in [0, 0.05) is 36.7 Å². The van der Waals surface area contributed by atoms with Gasteiger partial charge in [-0.05, 0) is 17.7 Å². The third-order valence-electron chi connectivity index (χ3n) is 3.27. The van der Waals surface area contributed by atoms with Crippen LogP contribution >= 0.6 is 15.9 Å². The van der Waals surface area contributed by atoms with Crippen LogP contribution in [-0.4, -0.2) is 37.3 Å². The Balaban J connectivity index is 2.19. The molecular weight excluding hydrogens is 321 g/mol. The maximum Gasteiger partial charge on any atom is 0.390 e. The molecule has 0 aliphatic carbocycles. The molecule has 0 bridgehead atoms. The van der Waals surface area contributed by atoms with Crippen LogP contribution in [0.5, 0.6) is 0 Å².